The number of rotatable bonds is 5. The van der Waals surface area contributed by atoms with Crippen molar-refractivity contribution in [2.75, 3.05) is 13.1 Å². The van der Waals surface area contributed by atoms with Gasteiger partial charge >= 0.3 is 0 Å². The molecule has 2 rings (SSSR count). The summed E-state index contributed by atoms with van der Waals surface area (Å²) in [5.41, 5.74) is 0.0581. The summed E-state index contributed by atoms with van der Waals surface area (Å²) < 4.78 is 28.4. The Morgan fingerprint density at radius 1 is 1.16 bits per heavy atom. The van der Waals surface area contributed by atoms with Crippen LogP contribution in [-0.4, -0.2) is 41.8 Å². The SMILES string of the molecule is Cn1cc(S(=O)(=O)N2CCCC2)cc1C(=O)NC(C)(C)CC(C)(C)C. The van der Waals surface area contributed by atoms with Crippen molar-refractivity contribution < 1.29 is 13.2 Å². The van der Waals surface area contributed by atoms with E-state index in [-0.39, 0.29) is 21.8 Å². The van der Waals surface area contributed by atoms with Crippen LogP contribution in [0.15, 0.2) is 17.2 Å². The highest BCUT2D eigenvalue weighted by molar-refractivity contribution is 7.89. The Kier molecular flexibility index (Phi) is 5.40. The van der Waals surface area contributed by atoms with Crippen molar-refractivity contribution in [2.45, 2.75) is 64.3 Å². The third-order valence-corrected chi connectivity index (χ3v) is 6.20. The van der Waals surface area contributed by atoms with Gasteiger partial charge in [0.1, 0.15) is 10.6 Å². The fourth-order valence-electron chi connectivity index (χ4n) is 3.72. The first-order chi connectivity index (χ1) is 11.3. The number of amides is 1. The third kappa shape index (κ3) is 4.85. The van der Waals surface area contributed by atoms with Crippen LogP contribution in [0.2, 0.25) is 0 Å². The minimum absolute atomic E-state index is 0.0786. The van der Waals surface area contributed by atoms with Crippen LogP contribution in [0.1, 0.15) is 64.4 Å². The molecule has 1 fully saturated rings. The van der Waals surface area contributed by atoms with E-state index in [0.717, 1.165) is 19.3 Å². The minimum Gasteiger partial charge on any atom is -0.346 e. The first-order valence-electron chi connectivity index (χ1n) is 8.81. The van der Waals surface area contributed by atoms with Gasteiger partial charge in [-0.3, -0.25) is 4.79 Å². The second-order valence-corrected chi connectivity index (χ2v) is 10.8. The van der Waals surface area contributed by atoms with Crippen LogP contribution in [0, 0.1) is 5.41 Å². The van der Waals surface area contributed by atoms with Crippen LogP contribution < -0.4 is 5.32 Å². The van der Waals surface area contributed by atoms with Crippen LogP contribution >= 0.6 is 0 Å². The maximum atomic E-state index is 12.7. The molecule has 1 aliphatic heterocycles. The van der Waals surface area contributed by atoms with Gasteiger partial charge in [-0.25, -0.2) is 8.42 Å². The Labute approximate surface area is 151 Å². The summed E-state index contributed by atoms with van der Waals surface area (Å²) in [6, 6.07) is 1.48. The summed E-state index contributed by atoms with van der Waals surface area (Å²) >= 11 is 0. The zero-order chi connectivity index (χ0) is 19.0. The van der Waals surface area contributed by atoms with Crippen molar-refractivity contribution in [3.8, 4) is 0 Å². The summed E-state index contributed by atoms with van der Waals surface area (Å²) in [5.74, 6) is -0.250. The maximum Gasteiger partial charge on any atom is 0.268 e. The Morgan fingerprint density at radius 3 is 2.24 bits per heavy atom. The molecule has 0 radical (unpaired) electrons. The fraction of sp³-hybridized carbons (Fsp3) is 0.722. The molecular formula is C18H31N3O3S. The zero-order valence-corrected chi connectivity index (χ0v) is 17.0. The van der Waals surface area contributed by atoms with E-state index in [1.54, 1.807) is 11.6 Å². The molecule has 0 bridgehead atoms. The first kappa shape index (κ1) is 20.0. The van der Waals surface area contributed by atoms with Gasteiger partial charge in [0.2, 0.25) is 10.0 Å². The molecule has 25 heavy (non-hydrogen) atoms. The van der Waals surface area contributed by atoms with Crippen molar-refractivity contribution in [2.24, 2.45) is 12.5 Å². The quantitative estimate of drug-likeness (QED) is 0.867. The van der Waals surface area contributed by atoms with Crippen LogP contribution in [-0.2, 0) is 17.1 Å². The summed E-state index contributed by atoms with van der Waals surface area (Å²) in [6.07, 6.45) is 4.12. The number of nitrogens with one attached hydrogen (secondary N) is 1. The van der Waals surface area contributed by atoms with Crippen molar-refractivity contribution in [3.63, 3.8) is 0 Å². The molecule has 0 atom stereocenters. The van der Waals surface area contributed by atoms with Crippen molar-refractivity contribution >= 4 is 15.9 Å². The van der Waals surface area contributed by atoms with E-state index >= 15 is 0 Å². The predicted octanol–water partition coefficient (Wildman–Crippen LogP) is 2.75. The molecule has 0 spiro atoms. The Hall–Kier alpha value is -1.34. The number of sulfonamides is 1. The molecule has 1 aromatic heterocycles. The van der Waals surface area contributed by atoms with Gasteiger partial charge in [0.15, 0.2) is 0 Å². The highest BCUT2D eigenvalue weighted by Gasteiger charge is 2.31. The van der Waals surface area contributed by atoms with Crippen molar-refractivity contribution in [1.29, 1.82) is 0 Å². The second kappa shape index (κ2) is 6.76. The fourth-order valence-corrected chi connectivity index (χ4v) is 5.31. The molecule has 1 saturated heterocycles. The lowest BCUT2D eigenvalue weighted by Gasteiger charge is -2.33. The van der Waals surface area contributed by atoms with E-state index in [0.29, 0.717) is 18.8 Å². The average molecular weight is 370 g/mol. The number of carbonyl (C=O) groups excluding carboxylic acids is 1. The molecule has 7 heteroatoms. The molecule has 1 N–H and O–H groups in total. The molecular weight excluding hydrogens is 338 g/mol. The highest BCUT2D eigenvalue weighted by Crippen LogP contribution is 2.27. The number of carbonyl (C=O) groups is 1. The van der Waals surface area contributed by atoms with Crippen LogP contribution in [0.4, 0.5) is 0 Å². The first-order valence-corrected chi connectivity index (χ1v) is 10.2. The number of nitrogens with zero attached hydrogens (tertiary/aromatic N) is 2. The van der Waals surface area contributed by atoms with Gasteiger partial charge in [-0.05, 0) is 44.6 Å². The lowest BCUT2D eigenvalue weighted by atomic mass is 9.82. The Morgan fingerprint density at radius 2 is 1.72 bits per heavy atom. The van der Waals surface area contributed by atoms with Crippen molar-refractivity contribution in [1.82, 2.24) is 14.2 Å². The average Bonchev–Trinajstić information content (AvgIpc) is 3.03. The molecule has 2 heterocycles. The lowest BCUT2D eigenvalue weighted by Crippen LogP contribution is -2.46. The minimum atomic E-state index is -3.51. The summed E-state index contributed by atoms with van der Waals surface area (Å²) in [4.78, 5) is 12.9. The highest BCUT2D eigenvalue weighted by atomic mass is 32.2. The predicted molar refractivity (Wildman–Crippen MR) is 99.0 cm³/mol. The molecule has 1 aromatic rings. The van der Waals surface area contributed by atoms with Crippen LogP contribution in [0.5, 0.6) is 0 Å². The Bertz CT molecular complexity index is 736. The molecule has 0 aliphatic carbocycles. The van der Waals surface area contributed by atoms with E-state index in [1.165, 1.54) is 16.6 Å². The van der Waals surface area contributed by atoms with E-state index < -0.39 is 10.0 Å². The van der Waals surface area contributed by atoms with Gasteiger partial charge in [0.05, 0.1) is 0 Å². The lowest BCUT2D eigenvalue weighted by molar-refractivity contribution is 0.0883. The molecule has 0 aromatic carbocycles. The summed E-state index contributed by atoms with van der Waals surface area (Å²) in [6.45, 7) is 11.5. The van der Waals surface area contributed by atoms with E-state index in [4.69, 9.17) is 0 Å². The van der Waals surface area contributed by atoms with Gasteiger partial charge in [-0.15, -0.1) is 0 Å². The monoisotopic (exact) mass is 369 g/mol. The van der Waals surface area contributed by atoms with Gasteiger partial charge in [-0.2, -0.15) is 4.31 Å². The second-order valence-electron chi connectivity index (χ2n) is 8.86. The van der Waals surface area contributed by atoms with Gasteiger partial charge < -0.3 is 9.88 Å². The largest absolute Gasteiger partial charge is 0.346 e. The molecule has 6 nitrogen and oxygen atoms in total. The number of aryl methyl sites for hydroxylation is 1. The van der Waals surface area contributed by atoms with Gasteiger partial charge in [0.25, 0.3) is 5.91 Å². The number of hydrogen-bond donors (Lipinski definition) is 1. The molecule has 0 saturated carbocycles. The van der Waals surface area contributed by atoms with E-state index in [2.05, 4.69) is 26.1 Å². The standard InChI is InChI=1S/C18H31N3O3S/c1-17(2,3)13-18(4,5)19-16(22)15-11-14(12-20(15)6)25(23,24)21-9-7-8-10-21/h11-12H,7-10,13H2,1-6H3,(H,19,22). The zero-order valence-electron chi connectivity index (χ0n) is 16.2. The summed E-state index contributed by atoms with van der Waals surface area (Å²) in [7, 11) is -1.81. The van der Waals surface area contributed by atoms with Crippen molar-refractivity contribution in [3.05, 3.63) is 18.0 Å². The van der Waals surface area contributed by atoms with Crippen LogP contribution in [0.25, 0.3) is 0 Å². The normalized spacial score (nSPS) is 17.0. The Balaban J connectivity index is 2.20. The maximum absolute atomic E-state index is 12.7. The third-order valence-electron chi connectivity index (χ3n) is 4.34. The smallest absolute Gasteiger partial charge is 0.268 e. The number of hydrogen-bond acceptors (Lipinski definition) is 3. The summed E-state index contributed by atoms with van der Waals surface area (Å²) in [5, 5.41) is 3.04. The molecule has 142 valence electrons. The van der Waals surface area contributed by atoms with Crippen LogP contribution in [0.3, 0.4) is 0 Å². The topological polar surface area (TPSA) is 71.4 Å². The van der Waals surface area contributed by atoms with E-state index in [9.17, 15) is 13.2 Å². The molecule has 1 amide bonds. The number of aromatic nitrogens is 1. The van der Waals surface area contributed by atoms with Gasteiger partial charge in [0, 0.05) is 31.9 Å². The molecule has 0 unspecified atom stereocenters. The van der Waals surface area contributed by atoms with E-state index in [1.807, 2.05) is 13.8 Å². The van der Waals surface area contributed by atoms with Gasteiger partial charge in [-0.1, -0.05) is 20.8 Å². The molecule has 1 aliphatic rings.